The molecule has 30 heavy (non-hydrogen) atoms. The molecule has 0 bridgehead atoms. The van der Waals surface area contributed by atoms with Crippen LogP contribution in [0.4, 0.5) is 14.9 Å². The fourth-order valence-corrected chi connectivity index (χ4v) is 3.62. The number of pyridine rings is 1. The number of hydrogen-bond acceptors (Lipinski definition) is 5. The molecule has 0 radical (unpaired) electrons. The van der Waals surface area contributed by atoms with E-state index in [1.54, 1.807) is 29.2 Å². The van der Waals surface area contributed by atoms with E-state index in [2.05, 4.69) is 4.98 Å². The van der Waals surface area contributed by atoms with Crippen molar-refractivity contribution in [3.05, 3.63) is 54.0 Å². The van der Waals surface area contributed by atoms with Crippen LogP contribution in [-0.2, 0) is 4.79 Å². The second-order valence-corrected chi connectivity index (χ2v) is 7.20. The van der Waals surface area contributed by atoms with Crippen molar-refractivity contribution in [3.8, 4) is 11.9 Å². The average Bonchev–Trinajstić information content (AvgIpc) is 3.36. The Morgan fingerprint density at radius 1 is 1.23 bits per heavy atom. The third-order valence-corrected chi connectivity index (χ3v) is 5.21. The Morgan fingerprint density at radius 2 is 2.03 bits per heavy atom. The molecule has 3 heterocycles. The highest BCUT2D eigenvalue weighted by atomic mass is 19.1. The van der Waals surface area contributed by atoms with Gasteiger partial charge in [0.25, 0.3) is 0 Å². The summed E-state index contributed by atoms with van der Waals surface area (Å²) in [5.41, 5.74) is 1.07. The molecule has 3 amide bonds. The van der Waals surface area contributed by atoms with E-state index in [1.807, 2.05) is 6.07 Å². The summed E-state index contributed by atoms with van der Waals surface area (Å²) in [6.45, 7) is 1.81. The Kier molecular flexibility index (Phi) is 5.48. The summed E-state index contributed by atoms with van der Waals surface area (Å²) in [6, 6.07) is 10.7. The molecule has 2 saturated heterocycles. The molecule has 0 aliphatic carbocycles. The van der Waals surface area contributed by atoms with Gasteiger partial charge in [-0.05, 0) is 30.3 Å². The molecular weight excluding hydrogens is 389 g/mol. The maximum atomic E-state index is 13.1. The Morgan fingerprint density at radius 3 is 2.80 bits per heavy atom. The summed E-state index contributed by atoms with van der Waals surface area (Å²) in [5, 5.41) is 8.96. The zero-order chi connectivity index (χ0) is 21.1. The molecule has 2 fully saturated rings. The summed E-state index contributed by atoms with van der Waals surface area (Å²) in [4.78, 5) is 34.1. The number of likely N-dealkylation sites (tertiary alicyclic amines) is 1. The first-order valence-electron chi connectivity index (χ1n) is 9.66. The number of anilines is 1. The lowest BCUT2D eigenvalue weighted by Crippen LogP contribution is -2.42. The van der Waals surface area contributed by atoms with E-state index in [1.165, 1.54) is 28.1 Å². The monoisotopic (exact) mass is 409 g/mol. The highest BCUT2D eigenvalue weighted by Crippen LogP contribution is 2.22. The molecule has 154 valence electrons. The lowest BCUT2D eigenvalue weighted by Gasteiger charge is -2.22. The zero-order valence-corrected chi connectivity index (χ0v) is 16.2. The van der Waals surface area contributed by atoms with E-state index in [9.17, 15) is 14.0 Å². The van der Waals surface area contributed by atoms with Gasteiger partial charge >= 0.3 is 6.03 Å². The molecule has 4 rings (SSSR count). The molecule has 1 atom stereocenters. The van der Waals surface area contributed by atoms with E-state index in [0.717, 1.165) is 0 Å². The van der Waals surface area contributed by atoms with Crippen LogP contribution in [0.2, 0.25) is 0 Å². The Bertz CT molecular complexity index is 991. The Balaban J connectivity index is 1.31. The van der Waals surface area contributed by atoms with Gasteiger partial charge in [0.05, 0.1) is 18.2 Å². The van der Waals surface area contributed by atoms with Crippen molar-refractivity contribution in [2.24, 2.45) is 0 Å². The maximum absolute atomic E-state index is 13.1. The van der Waals surface area contributed by atoms with Crippen LogP contribution >= 0.6 is 0 Å². The van der Waals surface area contributed by atoms with Crippen molar-refractivity contribution >= 4 is 17.6 Å². The van der Waals surface area contributed by atoms with Gasteiger partial charge in [-0.25, -0.2) is 14.2 Å². The van der Waals surface area contributed by atoms with Gasteiger partial charge in [0.1, 0.15) is 18.5 Å². The fourth-order valence-electron chi connectivity index (χ4n) is 3.62. The van der Waals surface area contributed by atoms with Crippen LogP contribution in [-0.4, -0.2) is 65.5 Å². The third kappa shape index (κ3) is 4.17. The first-order chi connectivity index (χ1) is 14.5. The minimum absolute atomic E-state index is 0.00852. The molecule has 1 aromatic carbocycles. The number of amides is 3. The van der Waals surface area contributed by atoms with Crippen molar-refractivity contribution in [2.75, 3.05) is 37.6 Å². The van der Waals surface area contributed by atoms with Gasteiger partial charge in [-0.3, -0.25) is 9.69 Å². The summed E-state index contributed by atoms with van der Waals surface area (Å²) in [7, 11) is 0. The van der Waals surface area contributed by atoms with Crippen LogP contribution in [0.3, 0.4) is 0 Å². The molecule has 1 aromatic heterocycles. The normalized spacial score (nSPS) is 18.6. The average molecular weight is 409 g/mol. The van der Waals surface area contributed by atoms with E-state index >= 15 is 0 Å². The predicted molar refractivity (Wildman–Crippen MR) is 105 cm³/mol. The molecule has 2 aliphatic rings. The van der Waals surface area contributed by atoms with E-state index in [0.29, 0.717) is 49.7 Å². The number of carbonyl (C=O) groups excluding carboxylic acids is 2. The summed E-state index contributed by atoms with van der Waals surface area (Å²) < 4.78 is 18.9. The van der Waals surface area contributed by atoms with Gasteiger partial charge in [-0.1, -0.05) is 0 Å². The SMILES string of the molecule is N#Cc1ccnc(OC2CCN(C(=O)CN3CCN(c4ccc(F)cc4)C3=O)C2)c1. The number of aromatic nitrogens is 1. The van der Waals surface area contributed by atoms with Gasteiger partial charge < -0.3 is 14.5 Å². The first-order valence-corrected chi connectivity index (χ1v) is 9.66. The van der Waals surface area contributed by atoms with E-state index in [4.69, 9.17) is 10.00 Å². The topological polar surface area (TPSA) is 89.8 Å². The second-order valence-electron chi connectivity index (χ2n) is 7.20. The van der Waals surface area contributed by atoms with Gasteiger partial charge in [0.2, 0.25) is 11.8 Å². The Labute approximate surface area is 173 Å². The van der Waals surface area contributed by atoms with Crippen molar-refractivity contribution in [2.45, 2.75) is 12.5 Å². The van der Waals surface area contributed by atoms with Gasteiger partial charge in [0.15, 0.2) is 0 Å². The highest BCUT2D eigenvalue weighted by Gasteiger charge is 2.34. The lowest BCUT2D eigenvalue weighted by molar-refractivity contribution is -0.130. The third-order valence-electron chi connectivity index (χ3n) is 5.21. The summed E-state index contributed by atoms with van der Waals surface area (Å²) >= 11 is 0. The van der Waals surface area contributed by atoms with Crippen LogP contribution < -0.4 is 9.64 Å². The van der Waals surface area contributed by atoms with Gasteiger partial charge in [0, 0.05) is 44.0 Å². The molecule has 1 unspecified atom stereocenters. The number of ether oxygens (including phenoxy) is 1. The fraction of sp³-hybridized carbons (Fsp3) is 0.333. The van der Waals surface area contributed by atoms with Crippen LogP contribution in [0.1, 0.15) is 12.0 Å². The van der Waals surface area contributed by atoms with Gasteiger partial charge in [-0.2, -0.15) is 5.26 Å². The lowest BCUT2D eigenvalue weighted by atomic mass is 10.3. The smallest absolute Gasteiger partial charge is 0.325 e. The van der Waals surface area contributed by atoms with Crippen LogP contribution in [0.15, 0.2) is 42.6 Å². The molecule has 8 nitrogen and oxygen atoms in total. The van der Waals surface area contributed by atoms with E-state index in [-0.39, 0.29) is 30.4 Å². The molecule has 0 saturated carbocycles. The number of rotatable bonds is 5. The van der Waals surface area contributed by atoms with Crippen LogP contribution in [0, 0.1) is 17.1 Å². The maximum Gasteiger partial charge on any atom is 0.325 e. The van der Waals surface area contributed by atoms with Crippen molar-refractivity contribution in [1.82, 2.24) is 14.8 Å². The highest BCUT2D eigenvalue weighted by molar-refractivity contribution is 5.96. The zero-order valence-electron chi connectivity index (χ0n) is 16.2. The number of hydrogen-bond donors (Lipinski definition) is 0. The van der Waals surface area contributed by atoms with Gasteiger partial charge in [-0.15, -0.1) is 0 Å². The van der Waals surface area contributed by atoms with E-state index < -0.39 is 0 Å². The van der Waals surface area contributed by atoms with Crippen molar-refractivity contribution in [1.29, 1.82) is 5.26 Å². The molecule has 2 aromatic rings. The minimum Gasteiger partial charge on any atom is -0.472 e. The van der Waals surface area contributed by atoms with Crippen LogP contribution in [0.5, 0.6) is 5.88 Å². The summed E-state index contributed by atoms with van der Waals surface area (Å²) in [5.74, 6) is -0.148. The number of nitriles is 1. The molecule has 0 N–H and O–H groups in total. The standard InChI is InChI=1S/C21H20FN5O3/c22-16-1-3-17(4-2-16)27-10-9-26(21(27)29)14-20(28)25-8-6-18(13-25)30-19-11-15(12-23)5-7-24-19/h1-5,7,11,18H,6,8-10,13-14H2. The number of urea groups is 1. The van der Waals surface area contributed by atoms with Crippen LogP contribution in [0.25, 0.3) is 0 Å². The van der Waals surface area contributed by atoms with Crippen molar-refractivity contribution < 1.29 is 18.7 Å². The number of nitrogens with zero attached hydrogens (tertiary/aromatic N) is 5. The molecule has 9 heteroatoms. The number of halogens is 1. The summed E-state index contributed by atoms with van der Waals surface area (Å²) in [6.07, 6.45) is 1.96. The first kappa shape index (κ1) is 19.6. The molecule has 0 spiro atoms. The molecular formula is C21H20FN5O3. The number of carbonyl (C=O) groups is 2. The molecule has 2 aliphatic heterocycles. The number of benzene rings is 1. The van der Waals surface area contributed by atoms with Crippen molar-refractivity contribution in [3.63, 3.8) is 0 Å². The minimum atomic E-state index is -0.363. The predicted octanol–water partition coefficient (Wildman–Crippen LogP) is 2.01. The Hall–Kier alpha value is -3.67. The largest absolute Gasteiger partial charge is 0.472 e. The second kappa shape index (κ2) is 8.37. The quantitative estimate of drug-likeness (QED) is 0.754.